The lowest BCUT2D eigenvalue weighted by molar-refractivity contribution is -0.308. The topological polar surface area (TPSA) is 133 Å². The molecule has 3 fully saturated rings. The van der Waals surface area contributed by atoms with Gasteiger partial charge in [-0.25, -0.2) is 0 Å². The summed E-state index contributed by atoms with van der Waals surface area (Å²) in [5, 5.41) is 23.2. The van der Waals surface area contributed by atoms with Crippen LogP contribution in [-0.4, -0.2) is 115 Å². The highest BCUT2D eigenvalue weighted by Crippen LogP contribution is 2.40. The Morgan fingerprint density at radius 2 is 1.48 bits per heavy atom. The van der Waals surface area contributed by atoms with E-state index in [2.05, 4.69) is 4.90 Å². The molecule has 11 heteroatoms. The van der Waals surface area contributed by atoms with Crippen molar-refractivity contribution in [3.8, 4) is 0 Å². The number of cyclic esters (lactones) is 1. The van der Waals surface area contributed by atoms with Crippen molar-refractivity contribution in [3.63, 3.8) is 0 Å². The molecule has 0 amide bonds. The number of rotatable bonds is 7. The standard InChI is InChI=1S/C37H67NO10.C2H6/c1-14-27-15-20(2)31(39)21(3)18-36(9,42)34(48-29-17-28(38(11)12)16-22(4)44-29)23(5)32(24(6)35(41)46-25(27)7)47-30-19-37(10,43-13)33(40)26(8)45-30;1-2/h20-30,32-34,40,42H,14-19H2,1-13H3;1-2H3/t20?,21-,22?,23+,24?,25-,26?,27-,28?,29?,30+,32+,33+,34-,36-,37-;/m1./s1. The molecule has 0 aliphatic carbocycles. The number of hydrogen-bond donors (Lipinski definition) is 2. The van der Waals surface area contributed by atoms with Crippen molar-refractivity contribution in [3.05, 3.63) is 0 Å². The third-order valence-corrected chi connectivity index (χ3v) is 11.6. The quantitative estimate of drug-likeness (QED) is 0.312. The van der Waals surface area contributed by atoms with Crippen LogP contribution in [0.2, 0.25) is 0 Å². The lowest BCUT2D eigenvalue weighted by Crippen LogP contribution is -2.59. The predicted molar refractivity (Wildman–Crippen MR) is 193 cm³/mol. The van der Waals surface area contributed by atoms with E-state index in [1.54, 1.807) is 27.9 Å². The highest BCUT2D eigenvalue weighted by atomic mass is 16.7. The third kappa shape index (κ3) is 11.2. The van der Waals surface area contributed by atoms with E-state index in [0.717, 1.165) is 12.8 Å². The molecule has 294 valence electrons. The highest BCUT2D eigenvalue weighted by Gasteiger charge is 2.51. The molecule has 3 heterocycles. The van der Waals surface area contributed by atoms with Gasteiger partial charge in [-0.3, -0.25) is 9.59 Å². The van der Waals surface area contributed by atoms with Crippen LogP contribution in [0, 0.1) is 29.6 Å². The number of ketones is 1. The largest absolute Gasteiger partial charge is 0.462 e. The predicted octanol–water partition coefficient (Wildman–Crippen LogP) is 5.76. The number of Topliss-reactive ketones (excluding diaryl/α,β-unsaturated/α-hetero) is 1. The number of aliphatic hydroxyl groups is 2. The number of ether oxygens (including phenoxy) is 6. The molecule has 0 aromatic heterocycles. The zero-order valence-electron chi connectivity index (χ0n) is 33.9. The van der Waals surface area contributed by atoms with Gasteiger partial charge >= 0.3 is 5.97 Å². The molecule has 0 aromatic rings. The van der Waals surface area contributed by atoms with Gasteiger partial charge in [0, 0.05) is 43.7 Å². The van der Waals surface area contributed by atoms with Gasteiger partial charge in [0.2, 0.25) is 0 Å². The van der Waals surface area contributed by atoms with Crippen molar-refractivity contribution in [2.45, 2.75) is 188 Å². The zero-order chi connectivity index (χ0) is 38.3. The average molecular weight is 716 g/mol. The van der Waals surface area contributed by atoms with Crippen LogP contribution in [0.1, 0.15) is 122 Å². The van der Waals surface area contributed by atoms with E-state index in [9.17, 15) is 19.8 Å². The van der Waals surface area contributed by atoms with Crippen molar-refractivity contribution in [1.29, 1.82) is 0 Å². The van der Waals surface area contributed by atoms with Gasteiger partial charge < -0.3 is 43.5 Å². The van der Waals surface area contributed by atoms with Crippen LogP contribution in [0.5, 0.6) is 0 Å². The van der Waals surface area contributed by atoms with E-state index in [-0.39, 0.29) is 42.6 Å². The second kappa shape index (κ2) is 19.2. The summed E-state index contributed by atoms with van der Waals surface area (Å²) in [7, 11) is 5.61. The molecular weight excluding hydrogens is 642 g/mol. The Morgan fingerprint density at radius 1 is 0.860 bits per heavy atom. The Morgan fingerprint density at radius 3 is 2.04 bits per heavy atom. The fourth-order valence-electron chi connectivity index (χ4n) is 8.32. The number of carbonyl (C=O) groups excluding carboxylic acids is 2. The third-order valence-electron chi connectivity index (χ3n) is 11.6. The second-order valence-corrected chi connectivity index (χ2v) is 16.0. The van der Waals surface area contributed by atoms with Crippen LogP contribution in [0.15, 0.2) is 0 Å². The minimum Gasteiger partial charge on any atom is -0.462 e. The summed E-state index contributed by atoms with van der Waals surface area (Å²) in [6.45, 7) is 22.7. The summed E-state index contributed by atoms with van der Waals surface area (Å²) in [4.78, 5) is 29.9. The van der Waals surface area contributed by atoms with Crippen molar-refractivity contribution >= 4 is 11.8 Å². The zero-order valence-corrected chi connectivity index (χ0v) is 33.9. The molecule has 2 N–H and O–H groups in total. The van der Waals surface area contributed by atoms with Crippen molar-refractivity contribution < 1.29 is 48.2 Å². The Labute approximate surface area is 303 Å². The molecule has 0 radical (unpaired) electrons. The second-order valence-electron chi connectivity index (χ2n) is 16.0. The summed E-state index contributed by atoms with van der Waals surface area (Å²) < 4.78 is 37.8. The molecule has 3 saturated heterocycles. The summed E-state index contributed by atoms with van der Waals surface area (Å²) in [5.74, 6) is -2.47. The van der Waals surface area contributed by atoms with Crippen LogP contribution in [0.25, 0.3) is 0 Å². The van der Waals surface area contributed by atoms with E-state index in [1.807, 2.05) is 76.4 Å². The molecular formula is C39H73NO10. The number of hydrogen-bond acceptors (Lipinski definition) is 11. The molecule has 3 aliphatic heterocycles. The fraction of sp³-hybridized carbons (Fsp3) is 0.949. The van der Waals surface area contributed by atoms with Gasteiger partial charge in [-0.05, 0) is 87.2 Å². The first-order valence-corrected chi connectivity index (χ1v) is 19.2. The van der Waals surface area contributed by atoms with Crippen molar-refractivity contribution in [2.24, 2.45) is 29.6 Å². The van der Waals surface area contributed by atoms with Gasteiger partial charge in [-0.15, -0.1) is 0 Å². The van der Waals surface area contributed by atoms with Crippen LogP contribution in [0.3, 0.4) is 0 Å². The van der Waals surface area contributed by atoms with Gasteiger partial charge in [-0.2, -0.15) is 0 Å². The Kier molecular flexibility index (Phi) is 17.3. The summed E-state index contributed by atoms with van der Waals surface area (Å²) in [6, 6.07) is 0.211. The molecule has 0 bridgehead atoms. The minimum absolute atomic E-state index is 0.00914. The summed E-state index contributed by atoms with van der Waals surface area (Å²) >= 11 is 0. The SMILES string of the molecule is CC.CC[C@@H]1CC(C)C(=O)[C@H](C)C[C@@](C)(O)[C@H](OC2CC(N(C)C)CC(C)O2)[C@@H](C)[C@H](O[C@H]2C[C@@](C)(OC)[C@@H](O)C(C)O2)C(C)C(=O)O[C@@H]1C. The van der Waals surface area contributed by atoms with Gasteiger partial charge in [0.05, 0.1) is 41.5 Å². The molecule has 11 nitrogen and oxygen atoms in total. The molecule has 3 aliphatic rings. The maximum Gasteiger partial charge on any atom is 0.311 e. The van der Waals surface area contributed by atoms with E-state index < -0.39 is 78.0 Å². The average Bonchev–Trinajstić information content (AvgIpc) is 3.06. The van der Waals surface area contributed by atoms with E-state index in [4.69, 9.17) is 28.4 Å². The first-order chi connectivity index (χ1) is 23.2. The van der Waals surface area contributed by atoms with Crippen molar-refractivity contribution in [2.75, 3.05) is 21.2 Å². The number of methoxy groups -OCH3 is 1. The van der Waals surface area contributed by atoms with E-state index in [0.29, 0.717) is 12.8 Å². The number of esters is 1. The maximum atomic E-state index is 14.0. The van der Waals surface area contributed by atoms with Crippen LogP contribution < -0.4 is 0 Å². The molecule has 0 saturated carbocycles. The smallest absolute Gasteiger partial charge is 0.311 e. The molecule has 50 heavy (non-hydrogen) atoms. The molecule has 0 aromatic carbocycles. The Bertz CT molecular complexity index is 1060. The first kappa shape index (κ1) is 45.0. The highest BCUT2D eigenvalue weighted by molar-refractivity contribution is 5.83. The number of nitrogens with zero attached hydrogens (tertiary/aromatic N) is 1. The number of aliphatic hydroxyl groups excluding tert-OH is 1. The monoisotopic (exact) mass is 716 g/mol. The van der Waals surface area contributed by atoms with Gasteiger partial charge in [0.15, 0.2) is 12.6 Å². The molecule has 6 unspecified atom stereocenters. The summed E-state index contributed by atoms with van der Waals surface area (Å²) in [5.41, 5.74) is -2.45. The molecule has 0 spiro atoms. The van der Waals surface area contributed by atoms with Crippen LogP contribution in [0.4, 0.5) is 0 Å². The number of carbonyl (C=O) groups is 2. The van der Waals surface area contributed by atoms with Gasteiger partial charge in [0.1, 0.15) is 18.0 Å². The maximum absolute atomic E-state index is 14.0. The van der Waals surface area contributed by atoms with Gasteiger partial charge in [0.25, 0.3) is 0 Å². The van der Waals surface area contributed by atoms with E-state index in [1.165, 1.54) is 0 Å². The summed E-state index contributed by atoms with van der Waals surface area (Å²) in [6.07, 6.45) is -2.02. The van der Waals surface area contributed by atoms with Gasteiger partial charge in [-0.1, -0.05) is 41.5 Å². The Balaban J connectivity index is 0.00000425. The van der Waals surface area contributed by atoms with Crippen molar-refractivity contribution in [1.82, 2.24) is 4.90 Å². The van der Waals surface area contributed by atoms with E-state index >= 15 is 0 Å². The molecule has 16 atom stereocenters. The first-order valence-electron chi connectivity index (χ1n) is 19.2. The lowest BCUT2D eigenvalue weighted by Gasteiger charge is -2.48. The molecule has 3 rings (SSSR count). The lowest BCUT2D eigenvalue weighted by atomic mass is 9.75. The van der Waals surface area contributed by atoms with Crippen LogP contribution in [-0.2, 0) is 38.0 Å². The minimum atomic E-state index is -1.50. The fourth-order valence-corrected chi connectivity index (χ4v) is 8.32. The Hall–Kier alpha value is -1.18. The normalized spacial score (nSPS) is 45.6. The van der Waals surface area contributed by atoms with Crippen LogP contribution >= 0.6 is 0 Å².